The number of hydrogen-bond donors (Lipinski definition) is 0. The fourth-order valence-corrected chi connectivity index (χ4v) is 4.16. The van der Waals surface area contributed by atoms with Gasteiger partial charge in [-0.05, 0) is 44.5 Å². The standard InChI is InChI=1S/C18H23N5OS/c1-2-15(24-14-9-5-3-6-10-14)17-21-23-16(19-20-18(23)25-17)13-22-11-7-4-8-12-22/h3,5-6,9-10,15H,2,4,7-8,11-13H2,1H3/t15-/m0/s1. The third-order valence-corrected chi connectivity index (χ3v) is 5.54. The van der Waals surface area contributed by atoms with Crippen LogP contribution < -0.4 is 4.74 Å². The highest BCUT2D eigenvalue weighted by Crippen LogP contribution is 2.28. The lowest BCUT2D eigenvalue weighted by atomic mass is 10.1. The van der Waals surface area contributed by atoms with Gasteiger partial charge in [-0.2, -0.15) is 9.61 Å². The highest BCUT2D eigenvalue weighted by molar-refractivity contribution is 7.16. The topological polar surface area (TPSA) is 55.6 Å². The average Bonchev–Trinajstić information content (AvgIpc) is 3.23. The minimum atomic E-state index is -0.0584. The van der Waals surface area contributed by atoms with E-state index in [-0.39, 0.29) is 6.10 Å². The third kappa shape index (κ3) is 3.67. The summed E-state index contributed by atoms with van der Waals surface area (Å²) < 4.78 is 8.01. The number of ether oxygens (including phenoxy) is 1. The first kappa shape index (κ1) is 16.5. The van der Waals surface area contributed by atoms with Gasteiger partial charge in [0.2, 0.25) is 4.96 Å². The van der Waals surface area contributed by atoms with E-state index in [4.69, 9.17) is 9.84 Å². The van der Waals surface area contributed by atoms with Gasteiger partial charge in [0.25, 0.3) is 0 Å². The summed E-state index contributed by atoms with van der Waals surface area (Å²) in [4.78, 5) is 3.29. The van der Waals surface area contributed by atoms with Crippen LogP contribution in [0.3, 0.4) is 0 Å². The quantitative estimate of drug-likeness (QED) is 0.673. The van der Waals surface area contributed by atoms with Gasteiger partial charge in [-0.25, -0.2) is 0 Å². The van der Waals surface area contributed by atoms with Gasteiger partial charge in [0.05, 0.1) is 6.54 Å². The van der Waals surface area contributed by atoms with Crippen molar-refractivity contribution in [1.29, 1.82) is 0 Å². The number of hydrogen-bond acceptors (Lipinski definition) is 6. The summed E-state index contributed by atoms with van der Waals surface area (Å²) in [5.41, 5.74) is 0. The number of nitrogens with zero attached hydrogens (tertiary/aromatic N) is 5. The zero-order valence-corrected chi connectivity index (χ0v) is 15.3. The molecule has 1 aliphatic rings. The molecule has 0 aliphatic carbocycles. The van der Waals surface area contributed by atoms with Crippen molar-refractivity contribution in [2.75, 3.05) is 13.1 Å². The maximum atomic E-state index is 6.11. The first-order valence-corrected chi connectivity index (χ1v) is 9.80. The molecule has 7 heteroatoms. The van der Waals surface area contributed by atoms with Crippen molar-refractivity contribution in [3.8, 4) is 5.75 Å². The predicted octanol–water partition coefficient (Wildman–Crippen LogP) is 3.70. The molecule has 0 saturated carbocycles. The lowest BCUT2D eigenvalue weighted by Gasteiger charge is -2.25. The molecule has 0 radical (unpaired) electrons. The van der Waals surface area contributed by atoms with Crippen LogP contribution in [0.5, 0.6) is 5.75 Å². The van der Waals surface area contributed by atoms with Crippen molar-refractivity contribution in [2.24, 2.45) is 0 Å². The Bertz CT molecular complexity index is 809. The van der Waals surface area contributed by atoms with E-state index in [1.807, 2.05) is 34.8 Å². The number of rotatable bonds is 6. The first-order valence-electron chi connectivity index (χ1n) is 8.98. The molecule has 132 valence electrons. The minimum Gasteiger partial charge on any atom is -0.483 e. The fourth-order valence-electron chi connectivity index (χ4n) is 3.19. The van der Waals surface area contributed by atoms with Gasteiger partial charge in [-0.15, -0.1) is 10.2 Å². The predicted molar refractivity (Wildman–Crippen MR) is 97.9 cm³/mol. The molecule has 1 fully saturated rings. The normalized spacial score (nSPS) is 17.0. The van der Waals surface area contributed by atoms with Crippen LogP contribution in [-0.2, 0) is 6.54 Å². The van der Waals surface area contributed by atoms with E-state index >= 15 is 0 Å². The molecule has 1 aliphatic heterocycles. The highest BCUT2D eigenvalue weighted by atomic mass is 32.1. The zero-order chi connectivity index (χ0) is 17.1. The van der Waals surface area contributed by atoms with Crippen molar-refractivity contribution in [1.82, 2.24) is 24.7 Å². The minimum absolute atomic E-state index is 0.0584. The summed E-state index contributed by atoms with van der Waals surface area (Å²) in [5.74, 6) is 1.79. The van der Waals surface area contributed by atoms with Crippen LogP contribution in [0.15, 0.2) is 30.3 Å². The highest BCUT2D eigenvalue weighted by Gasteiger charge is 2.21. The van der Waals surface area contributed by atoms with E-state index in [0.29, 0.717) is 0 Å². The summed E-state index contributed by atoms with van der Waals surface area (Å²) in [6.45, 7) is 5.21. The third-order valence-electron chi connectivity index (χ3n) is 4.55. The molecule has 3 aromatic rings. The SMILES string of the molecule is CC[C@H](Oc1ccccc1)c1nn2c(CN3CCCCC3)nnc2s1. The number of para-hydroxylation sites is 1. The van der Waals surface area contributed by atoms with E-state index in [1.165, 1.54) is 19.3 Å². The second-order valence-electron chi connectivity index (χ2n) is 6.42. The van der Waals surface area contributed by atoms with Gasteiger partial charge in [0, 0.05) is 0 Å². The Morgan fingerprint density at radius 1 is 1.12 bits per heavy atom. The van der Waals surface area contributed by atoms with Crippen LogP contribution in [-0.4, -0.2) is 37.8 Å². The summed E-state index contributed by atoms with van der Waals surface area (Å²) in [6, 6.07) is 9.91. The monoisotopic (exact) mass is 357 g/mol. The van der Waals surface area contributed by atoms with Crippen molar-refractivity contribution in [2.45, 2.75) is 45.3 Å². The maximum Gasteiger partial charge on any atom is 0.234 e. The van der Waals surface area contributed by atoms with E-state index in [1.54, 1.807) is 11.3 Å². The second-order valence-corrected chi connectivity index (χ2v) is 7.40. The molecule has 1 saturated heterocycles. The van der Waals surface area contributed by atoms with Gasteiger partial charge in [-0.3, -0.25) is 4.90 Å². The van der Waals surface area contributed by atoms with Gasteiger partial charge in [-0.1, -0.05) is 42.9 Å². The summed E-state index contributed by atoms with van der Waals surface area (Å²) in [5, 5.41) is 14.4. The smallest absolute Gasteiger partial charge is 0.234 e. The molecule has 3 heterocycles. The summed E-state index contributed by atoms with van der Waals surface area (Å²) >= 11 is 1.57. The molecule has 0 bridgehead atoms. The maximum absolute atomic E-state index is 6.11. The van der Waals surface area contributed by atoms with Crippen LogP contribution in [0.25, 0.3) is 4.96 Å². The van der Waals surface area contributed by atoms with Gasteiger partial charge < -0.3 is 4.74 Å². The molecule has 1 aromatic carbocycles. The van der Waals surface area contributed by atoms with Crippen LogP contribution in [0.4, 0.5) is 0 Å². The molecule has 0 spiro atoms. The molecule has 0 amide bonds. The Morgan fingerprint density at radius 3 is 2.68 bits per heavy atom. The number of aromatic nitrogens is 4. The molecule has 0 unspecified atom stereocenters. The van der Waals surface area contributed by atoms with Crippen molar-refractivity contribution < 1.29 is 4.74 Å². The summed E-state index contributed by atoms with van der Waals surface area (Å²) in [7, 11) is 0. The molecular formula is C18H23N5OS. The van der Waals surface area contributed by atoms with Crippen LogP contribution in [0, 0.1) is 0 Å². The van der Waals surface area contributed by atoms with Gasteiger partial charge in [0.15, 0.2) is 16.9 Å². The molecule has 0 N–H and O–H groups in total. The van der Waals surface area contributed by atoms with Crippen molar-refractivity contribution >= 4 is 16.3 Å². The number of piperidine rings is 1. The Hall–Kier alpha value is -1.99. The second kappa shape index (κ2) is 7.49. The number of benzene rings is 1. The molecule has 6 nitrogen and oxygen atoms in total. The van der Waals surface area contributed by atoms with E-state index in [9.17, 15) is 0 Å². The Balaban J connectivity index is 1.53. The lowest BCUT2D eigenvalue weighted by molar-refractivity contribution is 0.198. The zero-order valence-electron chi connectivity index (χ0n) is 14.5. The van der Waals surface area contributed by atoms with Gasteiger partial charge >= 0.3 is 0 Å². The lowest BCUT2D eigenvalue weighted by Crippen LogP contribution is -2.30. The van der Waals surface area contributed by atoms with E-state index in [2.05, 4.69) is 22.0 Å². The van der Waals surface area contributed by atoms with Gasteiger partial charge in [0.1, 0.15) is 5.75 Å². The average molecular weight is 357 g/mol. The molecule has 2 aromatic heterocycles. The molecule has 1 atom stereocenters. The Morgan fingerprint density at radius 2 is 1.92 bits per heavy atom. The van der Waals surface area contributed by atoms with Crippen LogP contribution in [0.2, 0.25) is 0 Å². The number of likely N-dealkylation sites (tertiary alicyclic amines) is 1. The largest absolute Gasteiger partial charge is 0.483 e. The van der Waals surface area contributed by atoms with Crippen LogP contribution in [0.1, 0.15) is 49.5 Å². The fraction of sp³-hybridized carbons (Fsp3) is 0.500. The first-order chi connectivity index (χ1) is 12.3. The van der Waals surface area contributed by atoms with Crippen LogP contribution >= 0.6 is 11.3 Å². The molecule has 4 rings (SSSR count). The Kier molecular flexibility index (Phi) is 4.94. The van der Waals surface area contributed by atoms with E-state index in [0.717, 1.165) is 47.6 Å². The van der Waals surface area contributed by atoms with Crippen molar-refractivity contribution in [3.05, 3.63) is 41.2 Å². The van der Waals surface area contributed by atoms with Crippen molar-refractivity contribution in [3.63, 3.8) is 0 Å². The Labute approximate surface area is 151 Å². The van der Waals surface area contributed by atoms with E-state index < -0.39 is 0 Å². The summed E-state index contributed by atoms with van der Waals surface area (Å²) in [6.07, 6.45) is 4.68. The molecular weight excluding hydrogens is 334 g/mol. The molecule has 25 heavy (non-hydrogen) atoms. The number of fused-ring (bicyclic) bond motifs is 1.